The van der Waals surface area contributed by atoms with E-state index >= 15 is 0 Å². The molecule has 154 valence electrons. The lowest BCUT2D eigenvalue weighted by Crippen LogP contribution is -1.99. The molecule has 6 heteroatoms. The van der Waals surface area contributed by atoms with Crippen molar-refractivity contribution < 1.29 is 0 Å². The highest BCUT2D eigenvalue weighted by atomic mass is 14.9. The Kier molecular flexibility index (Phi) is 8.29. The molecule has 0 aliphatic heterocycles. The Morgan fingerprint density at radius 1 is 0.633 bits per heavy atom. The van der Waals surface area contributed by atoms with Crippen LogP contribution in [0.5, 0.6) is 0 Å². The summed E-state index contributed by atoms with van der Waals surface area (Å²) >= 11 is 0. The number of nitrogens with one attached hydrogen (secondary N) is 2. The number of aromatic amines is 2. The van der Waals surface area contributed by atoms with Crippen molar-refractivity contribution >= 4 is 0 Å². The summed E-state index contributed by atoms with van der Waals surface area (Å²) in [6.45, 7) is 1.43. The number of H-pyrrole nitrogens is 2. The standard InChI is InChI=1S/C24H28N6/c25-15-3-1-5-23-27-17-21(29-23)13-11-19-7-9-20(10-8-19)12-14-22-18-28-24(30-22)6-2-4-16-26/h7-10,17-18H,1-6,15-16,25-26H2,(H,27,29)(H,28,30). The first kappa shape index (κ1) is 21.4. The minimum Gasteiger partial charge on any atom is -0.336 e. The minimum atomic E-state index is 0.714. The van der Waals surface area contributed by atoms with Crippen LogP contribution < -0.4 is 11.5 Å². The van der Waals surface area contributed by atoms with Crippen LogP contribution in [0.2, 0.25) is 0 Å². The number of rotatable bonds is 8. The monoisotopic (exact) mass is 400 g/mol. The number of hydrogen-bond acceptors (Lipinski definition) is 4. The third-order valence-electron chi connectivity index (χ3n) is 4.56. The molecule has 3 rings (SSSR count). The quantitative estimate of drug-likeness (QED) is 0.344. The van der Waals surface area contributed by atoms with Gasteiger partial charge >= 0.3 is 0 Å². The van der Waals surface area contributed by atoms with E-state index in [1.807, 2.05) is 24.3 Å². The van der Waals surface area contributed by atoms with Gasteiger partial charge in [-0.3, -0.25) is 0 Å². The summed E-state index contributed by atoms with van der Waals surface area (Å²) in [7, 11) is 0. The highest BCUT2D eigenvalue weighted by molar-refractivity contribution is 5.45. The zero-order valence-electron chi connectivity index (χ0n) is 17.2. The topological polar surface area (TPSA) is 109 Å². The van der Waals surface area contributed by atoms with E-state index in [-0.39, 0.29) is 0 Å². The molecule has 0 saturated heterocycles. The Hall–Kier alpha value is -3.32. The highest BCUT2D eigenvalue weighted by Crippen LogP contribution is 2.05. The maximum atomic E-state index is 5.52. The molecular formula is C24H28N6. The van der Waals surface area contributed by atoms with Gasteiger partial charge in [-0.2, -0.15) is 0 Å². The highest BCUT2D eigenvalue weighted by Gasteiger charge is 1.99. The number of imidazole rings is 2. The number of hydrogen-bond donors (Lipinski definition) is 4. The second-order valence-electron chi connectivity index (χ2n) is 7.06. The van der Waals surface area contributed by atoms with Crippen molar-refractivity contribution in [2.75, 3.05) is 13.1 Å². The first-order valence-corrected chi connectivity index (χ1v) is 10.4. The molecule has 1 aromatic carbocycles. The Morgan fingerprint density at radius 2 is 1.07 bits per heavy atom. The van der Waals surface area contributed by atoms with E-state index in [0.29, 0.717) is 13.1 Å². The maximum absolute atomic E-state index is 5.52. The summed E-state index contributed by atoms with van der Waals surface area (Å²) in [5.41, 5.74) is 14.6. The summed E-state index contributed by atoms with van der Waals surface area (Å²) in [5, 5.41) is 0. The Bertz CT molecular complexity index is 952. The van der Waals surface area contributed by atoms with Crippen molar-refractivity contribution in [1.82, 2.24) is 19.9 Å². The van der Waals surface area contributed by atoms with Gasteiger partial charge in [-0.25, -0.2) is 9.97 Å². The predicted molar refractivity (Wildman–Crippen MR) is 120 cm³/mol. The van der Waals surface area contributed by atoms with E-state index in [1.165, 1.54) is 0 Å². The SMILES string of the molecule is NCCCCc1ncc(C#Cc2ccc(C#Cc3cnc(CCCCN)[nH]3)cc2)[nH]1. The van der Waals surface area contributed by atoms with Crippen LogP contribution in [0.3, 0.4) is 0 Å². The van der Waals surface area contributed by atoms with Crippen molar-refractivity contribution in [2.24, 2.45) is 11.5 Å². The van der Waals surface area contributed by atoms with Gasteiger partial charge in [-0.15, -0.1) is 0 Å². The van der Waals surface area contributed by atoms with Crippen molar-refractivity contribution in [3.63, 3.8) is 0 Å². The van der Waals surface area contributed by atoms with Gasteiger partial charge in [0.05, 0.1) is 12.4 Å². The molecule has 6 nitrogen and oxygen atoms in total. The molecule has 0 bridgehead atoms. The van der Waals surface area contributed by atoms with Gasteiger partial charge in [0.1, 0.15) is 23.0 Å². The third-order valence-corrected chi connectivity index (χ3v) is 4.56. The van der Waals surface area contributed by atoms with E-state index in [4.69, 9.17) is 11.5 Å². The van der Waals surface area contributed by atoms with E-state index in [0.717, 1.165) is 72.7 Å². The second kappa shape index (κ2) is 11.6. The summed E-state index contributed by atoms with van der Waals surface area (Å²) in [6, 6.07) is 7.89. The lowest BCUT2D eigenvalue weighted by molar-refractivity contribution is 0.722. The summed E-state index contributed by atoms with van der Waals surface area (Å²) < 4.78 is 0. The number of aryl methyl sites for hydroxylation is 2. The van der Waals surface area contributed by atoms with Crippen LogP contribution in [0.1, 0.15) is 59.8 Å². The van der Waals surface area contributed by atoms with Gasteiger partial charge in [-0.1, -0.05) is 11.8 Å². The van der Waals surface area contributed by atoms with Gasteiger partial charge in [0.15, 0.2) is 0 Å². The Morgan fingerprint density at radius 3 is 1.47 bits per heavy atom. The molecule has 0 saturated carbocycles. The summed E-state index contributed by atoms with van der Waals surface area (Å²) in [6.07, 6.45) is 9.44. The van der Waals surface area contributed by atoms with Crippen LogP contribution in [0.25, 0.3) is 0 Å². The number of nitrogens with zero attached hydrogens (tertiary/aromatic N) is 2. The van der Waals surface area contributed by atoms with Gasteiger partial charge < -0.3 is 21.4 Å². The lowest BCUT2D eigenvalue weighted by Gasteiger charge is -1.94. The molecule has 0 amide bonds. The van der Waals surface area contributed by atoms with E-state index < -0.39 is 0 Å². The van der Waals surface area contributed by atoms with Gasteiger partial charge in [0, 0.05) is 24.0 Å². The Labute approximate surface area is 177 Å². The number of nitrogens with two attached hydrogens (primary N) is 2. The fraction of sp³-hybridized carbons (Fsp3) is 0.333. The molecule has 0 aliphatic carbocycles. The number of unbranched alkanes of at least 4 members (excludes halogenated alkanes) is 2. The van der Waals surface area contributed by atoms with Crippen molar-refractivity contribution in [2.45, 2.75) is 38.5 Å². The van der Waals surface area contributed by atoms with E-state index in [1.54, 1.807) is 12.4 Å². The average molecular weight is 401 g/mol. The van der Waals surface area contributed by atoms with Crippen LogP contribution >= 0.6 is 0 Å². The normalized spacial score (nSPS) is 10.2. The predicted octanol–water partition coefficient (Wildman–Crippen LogP) is 2.50. The average Bonchev–Trinajstić information content (AvgIpc) is 3.41. The van der Waals surface area contributed by atoms with Crippen LogP contribution in [-0.2, 0) is 12.8 Å². The van der Waals surface area contributed by atoms with Crippen molar-refractivity contribution in [3.8, 4) is 23.7 Å². The maximum Gasteiger partial charge on any atom is 0.110 e. The molecule has 3 aromatic rings. The first-order chi connectivity index (χ1) is 14.8. The zero-order chi connectivity index (χ0) is 21.0. The molecular weight excluding hydrogens is 372 g/mol. The van der Waals surface area contributed by atoms with Crippen molar-refractivity contribution in [3.05, 3.63) is 70.8 Å². The van der Waals surface area contributed by atoms with Gasteiger partial charge in [-0.05, 0) is 74.9 Å². The fourth-order valence-electron chi connectivity index (χ4n) is 2.90. The molecule has 0 spiro atoms. The van der Waals surface area contributed by atoms with Crippen molar-refractivity contribution in [1.29, 1.82) is 0 Å². The van der Waals surface area contributed by atoms with Crippen LogP contribution in [0, 0.1) is 23.7 Å². The molecule has 30 heavy (non-hydrogen) atoms. The zero-order valence-corrected chi connectivity index (χ0v) is 17.2. The summed E-state index contributed by atoms with van der Waals surface area (Å²) in [4.78, 5) is 15.2. The van der Waals surface area contributed by atoms with Gasteiger partial charge in [0.2, 0.25) is 0 Å². The number of aromatic nitrogens is 4. The molecule has 0 radical (unpaired) electrons. The largest absolute Gasteiger partial charge is 0.336 e. The molecule has 0 aliphatic rings. The van der Waals surface area contributed by atoms with Crippen LogP contribution in [0.15, 0.2) is 36.7 Å². The molecule has 0 atom stereocenters. The second-order valence-corrected chi connectivity index (χ2v) is 7.06. The summed E-state index contributed by atoms with van der Waals surface area (Å²) in [5.74, 6) is 14.5. The smallest absolute Gasteiger partial charge is 0.110 e. The van der Waals surface area contributed by atoms with Gasteiger partial charge in [0.25, 0.3) is 0 Å². The van der Waals surface area contributed by atoms with Crippen LogP contribution in [0.4, 0.5) is 0 Å². The Balaban J connectivity index is 1.55. The molecule has 2 aromatic heterocycles. The molecule has 2 heterocycles. The van der Waals surface area contributed by atoms with E-state index in [2.05, 4.69) is 43.6 Å². The minimum absolute atomic E-state index is 0.714. The molecule has 0 fully saturated rings. The van der Waals surface area contributed by atoms with E-state index in [9.17, 15) is 0 Å². The fourth-order valence-corrected chi connectivity index (χ4v) is 2.90. The number of benzene rings is 1. The first-order valence-electron chi connectivity index (χ1n) is 10.4. The lowest BCUT2D eigenvalue weighted by atomic mass is 10.1. The van der Waals surface area contributed by atoms with Crippen LogP contribution in [-0.4, -0.2) is 33.0 Å². The third kappa shape index (κ3) is 6.93. The molecule has 0 unspecified atom stereocenters. The molecule has 6 N–H and O–H groups in total.